The molecular weight excluding hydrogens is 436 g/mol. The van der Waals surface area contributed by atoms with Gasteiger partial charge in [0, 0.05) is 6.20 Å². The third-order valence-electron chi connectivity index (χ3n) is 3.88. The third-order valence-corrected chi connectivity index (χ3v) is 5.88. The van der Waals surface area contributed by atoms with E-state index in [1.54, 1.807) is 20.0 Å². The first-order valence-electron chi connectivity index (χ1n) is 8.29. The van der Waals surface area contributed by atoms with Gasteiger partial charge in [-0.3, -0.25) is 14.3 Å². The van der Waals surface area contributed by atoms with Crippen molar-refractivity contribution in [3.63, 3.8) is 0 Å². The number of carbonyl (C=O) groups excluding carboxylic acids is 3. The SMILES string of the molecule is CCCOC(=O)c1c(NC(=O)C(C)n2cc(Br)c(C)n2)sc(C(N)=O)c1C. The van der Waals surface area contributed by atoms with E-state index in [9.17, 15) is 14.4 Å². The van der Waals surface area contributed by atoms with Crippen LogP contribution in [0.25, 0.3) is 0 Å². The topological polar surface area (TPSA) is 116 Å². The molecule has 3 N–H and O–H groups in total. The maximum atomic E-state index is 12.7. The Morgan fingerprint density at radius 3 is 2.59 bits per heavy atom. The molecule has 146 valence electrons. The molecule has 2 aromatic rings. The highest BCUT2D eigenvalue weighted by Crippen LogP contribution is 2.34. The van der Waals surface area contributed by atoms with Crippen molar-refractivity contribution in [2.45, 2.75) is 40.2 Å². The summed E-state index contributed by atoms with van der Waals surface area (Å²) in [4.78, 5) is 36.9. The molecule has 10 heteroatoms. The van der Waals surface area contributed by atoms with Crippen LogP contribution in [0, 0.1) is 13.8 Å². The molecule has 0 fully saturated rings. The van der Waals surface area contributed by atoms with Crippen LogP contribution < -0.4 is 11.1 Å². The molecule has 0 aliphatic heterocycles. The predicted octanol–water partition coefficient (Wildman–Crippen LogP) is 3.19. The number of carbonyl (C=O) groups is 3. The fourth-order valence-corrected chi connectivity index (χ4v) is 3.68. The maximum absolute atomic E-state index is 12.7. The Morgan fingerprint density at radius 1 is 1.41 bits per heavy atom. The minimum absolute atomic E-state index is 0.153. The smallest absolute Gasteiger partial charge is 0.341 e. The number of hydrogen-bond donors (Lipinski definition) is 2. The summed E-state index contributed by atoms with van der Waals surface area (Å²) >= 11 is 4.32. The van der Waals surface area contributed by atoms with E-state index in [0.29, 0.717) is 12.0 Å². The second-order valence-corrected chi connectivity index (χ2v) is 7.84. The molecule has 1 atom stereocenters. The zero-order valence-corrected chi connectivity index (χ0v) is 17.9. The normalized spacial score (nSPS) is 11.9. The van der Waals surface area contributed by atoms with Crippen molar-refractivity contribution in [2.24, 2.45) is 5.73 Å². The molecule has 2 amide bonds. The van der Waals surface area contributed by atoms with Crippen molar-refractivity contribution in [3.8, 4) is 0 Å². The quantitative estimate of drug-likeness (QED) is 0.620. The highest BCUT2D eigenvalue weighted by Gasteiger charge is 2.27. The lowest BCUT2D eigenvalue weighted by Gasteiger charge is -2.13. The van der Waals surface area contributed by atoms with Crippen LogP contribution >= 0.6 is 27.3 Å². The lowest BCUT2D eigenvalue weighted by Crippen LogP contribution is -2.24. The summed E-state index contributed by atoms with van der Waals surface area (Å²) in [6, 6.07) is -0.631. The zero-order chi connectivity index (χ0) is 20.3. The van der Waals surface area contributed by atoms with E-state index in [1.807, 2.05) is 13.8 Å². The van der Waals surface area contributed by atoms with Gasteiger partial charge in [-0.25, -0.2) is 4.79 Å². The Morgan fingerprint density at radius 2 is 2.07 bits per heavy atom. The fraction of sp³-hybridized carbons (Fsp3) is 0.412. The highest BCUT2D eigenvalue weighted by atomic mass is 79.9. The molecule has 0 radical (unpaired) electrons. The summed E-state index contributed by atoms with van der Waals surface area (Å²) < 4.78 is 7.48. The number of amides is 2. The summed E-state index contributed by atoms with van der Waals surface area (Å²) in [5, 5.41) is 7.21. The Kier molecular flexibility index (Phi) is 6.77. The van der Waals surface area contributed by atoms with E-state index >= 15 is 0 Å². The average molecular weight is 457 g/mol. The Balaban J connectivity index is 2.33. The third kappa shape index (κ3) is 4.56. The molecule has 2 aromatic heterocycles. The number of rotatable bonds is 7. The van der Waals surface area contributed by atoms with Gasteiger partial charge >= 0.3 is 5.97 Å². The van der Waals surface area contributed by atoms with Crippen LogP contribution in [0.2, 0.25) is 0 Å². The summed E-state index contributed by atoms with van der Waals surface area (Å²) in [5.41, 5.74) is 6.69. The van der Waals surface area contributed by atoms with Gasteiger partial charge in [0.05, 0.1) is 27.2 Å². The van der Waals surface area contributed by atoms with Crippen molar-refractivity contribution < 1.29 is 19.1 Å². The van der Waals surface area contributed by atoms with Gasteiger partial charge in [-0.15, -0.1) is 11.3 Å². The van der Waals surface area contributed by atoms with E-state index in [4.69, 9.17) is 10.5 Å². The van der Waals surface area contributed by atoms with E-state index in [0.717, 1.165) is 21.5 Å². The molecule has 0 spiro atoms. The molecule has 0 aromatic carbocycles. The molecule has 0 saturated carbocycles. The van der Waals surface area contributed by atoms with Crippen LogP contribution in [0.1, 0.15) is 57.6 Å². The van der Waals surface area contributed by atoms with E-state index in [1.165, 1.54) is 4.68 Å². The van der Waals surface area contributed by atoms with Crippen LogP contribution in [0.5, 0.6) is 0 Å². The molecule has 0 bridgehead atoms. The van der Waals surface area contributed by atoms with Crippen molar-refractivity contribution in [1.29, 1.82) is 0 Å². The van der Waals surface area contributed by atoms with Crippen molar-refractivity contribution in [1.82, 2.24) is 9.78 Å². The number of esters is 1. The number of primary amides is 1. The van der Waals surface area contributed by atoms with Crippen LogP contribution in [0.15, 0.2) is 10.7 Å². The number of aryl methyl sites for hydroxylation is 1. The minimum Gasteiger partial charge on any atom is -0.462 e. The number of nitrogens with zero attached hydrogens (tertiary/aromatic N) is 2. The van der Waals surface area contributed by atoms with E-state index < -0.39 is 17.9 Å². The van der Waals surface area contributed by atoms with Gasteiger partial charge < -0.3 is 15.8 Å². The molecule has 0 saturated heterocycles. The first kappa shape index (κ1) is 21.1. The van der Waals surface area contributed by atoms with Gasteiger partial charge in [0.2, 0.25) is 5.91 Å². The van der Waals surface area contributed by atoms with Crippen molar-refractivity contribution in [2.75, 3.05) is 11.9 Å². The second kappa shape index (κ2) is 8.66. The maximum Gasteiger partial charge on any atom is 0.341 e. The highest BCUT2D eigenvalue weighted by molar-refractivity contribution is 9.10. The fourth-order valence-electron chi connectivity index (χ4n) is 2.34. The van der Waals surface area contributed by atoms with Crippen molar-refractivity contribution >= 4 is 50.1 Å². The Bertz CT molecular complexity index is 870. The number of anilines is 1. The lowest BCUT2D eigenvalue weighted by molar-refractivity contribution is -0.119. The van der Waals surface area contributed by atoms with Crippen LogP contribution in [0.4, 0.5) is 5.00 Å². The molecule has 0 aliphatic carbocycles. The molecule has 8 nitrogen and oxygen atoms in total. The van der Waals surface area contributed by atoms with Gasteiger partial charge in [-0.1, -0.05) is 6.92 Å². The molecule has 2 rings (SSSR count). The summed E-state index contributed by atoms with van der Waals surface area (Å²) in [7, 11) is 0. The summed E-state index contributed by atoms with van der Waals surface area (Å²) in [6.45, 7) is 7.21. The Hall–Kier alpha value is -2.20. The minimum atomic E-state index is -0.665. The van der Waals surface area contributed by atoms with E-state index in [2.05, 4.69) is 26.3 Å². The number of hydrogen-bond acceptors (Lipinski definition) is 6. The van der Waals surface area contributed by atoms with Crippen LogP contribution in [-0.4, -0.2) is 34.2 Å². The van der Waals surface area contributed by atoms with Crippen LogP contribution in [0.3, 0.4) is 0 Å². The van der Waals surface area contributed by atoms with Gasteiger partial charge in [-0.2, -0.15) is 5.10 Å². The van der Waals surface area contributed by atoms with Crippen LogP contribution in [-0.2, 0) is 9.53 Å². The molecular formula is C17H21BrN4O4S. The first-order chi connectivity index (χ1) is 12.7. The summed E-state index contributed by atoms with van der Waals surface area (Å²) in [5.74, 6) is -1.65. The number of ether oxygens (including phenoxy) is 1. The molecule has 2 heterocycles. The number of nitrogens with two attached hydrogens (primary N) is 1. The average Bonchev–Trinajstić information content (AvgIpc) is 3.11. The van der Waals surface area contributed by atoms with Crippen molar-refractivity contribution in [3.05, 3.63) is 32.4 Å². The zero-order valence-electron chi connectivity index (χ0n) is 15.5. The largest absolute Gasteiger partial charge is 0.462 e. The number of halogens is 1. The monoisotopic (exact) mass is 456 g/mol. The summed E-state index contributed by atoms with van der Waals surface area (Å²) in [6.07, 6.45) is 2.36. The number of nitrogens with one attached hydrogen (secondary N) is 1. The van der Waals surface area contributed by atoms with Gasteiger partial charge in [0.15, 0.2) is 0 Å². The number of thiophene rings is 1. The first-order valence-corrected chi connectivity index (χ1v) is 9.90. The van der Waals surface area contributed by atoms with Gasteiger partial charge in [-0.05, 0) is 48.7 Å². The second-order valence-electron chi connectivity index (χ2n) is 5.97. The van der Waals surface area contributed by atoms with E-state index in [-0.39, 0.29) is 28.0 Å². The van der Waals surface area contributed by atoms with Gasteiger partial charge in [0.1, 0.15) is 11.0 Å². The standard InChI is InChI=1S/C17H21BrN4O4S/c1-5-6-26-17(25)12-8(2)13(14(19)23)27-16(12)20-15(24)10(4)22-7-11(18)9(3)21-22/h7,10H,5-6H2,1-4H3,(H2,19,23)(H,20,24). The predicted molar refractivity (Wildman–Crippen MR) is 106 cm³/mol. The molecule has 0 aliphatic rings. The molecule has 27 heavy (non-hydrogen) atoms. The van der Waals surface area contributed by atoms with Gasteiger partial charge in [0.25, 0.3) is 5.91 Å². The molecule has 1 unspecified atom stereocenters. The number of aromatic nitrogens is 2. The Labute approximate surface area is 169 Å². The lowest BCUT2D eigenvalue weighted by atomic mass is 10.1.